The van der Waals surface area contributed by atoms with E-state index in [4.69, 9.17) is 9.47 Å². The molecule has 0 amide bonds. The third-order valence-electron chi connectivity index (χ3n) is 3.23. The molecular formula is C18H17NO3S. The Morgan fingerprint density at radius 1 is 1.35 bits per heavy atom. The highest BCUT2D eigenvalue weighted by molar-refractivity contribution is 7.12. The first-order valence-corrected chi connectivity index (χ1v) is 8.00. The predicted octanol–water partition coefficient (Wildman–Crippen LogP) is 4.25. The summed E-state index contributed by atoms with van der Waals surface area (Å²) in [6.45, 7) is 4.28. The van der Waals surface area contributed by atoms with Crippen molar-refractivity contribution in [2.45, 2.75) is 13.8 Å². The number of nitriles is 1. The number of ether oxygens (including phenoxy) is 2. The molecule has 0 saturated carbocycles. The summed E-state index contributed by atoms with van der Waals surface area (Å²) >= 11 is 1.34. The summed E-state index contributed by atoms with van der Waals surface area (Å²) in [5.74, 6) is 0.941. The molecule has 0 bridgehead atoms. The van der Waals surface area contributed by atoms with Crippen molar-refractivity contribution in [3.63, 3.8) is 0 Å². The van der Waals surface area contributed by atoms with E-state index in [1.54, 1.807) is 31.4 Å². The van der Waals surface area contributed by atoms with Crippen molar-refractivity contribution in [1.82, 2.24) is 0 Å². The third-order valence-corrected chi connectivity index (χ3v) is 4.25. The molecule has 2 aromatic rings. The van der Waals surface area contributed by atoms with E-state index < -0.39 is 0 Å². The molecule has 1 heterocycles. The Hall–Kier alpha value is -2.58. The van der Waals surface area contributed by atoms with E-state index in [9.17, 15) is 10.1 Å². The Morgan fingerprint density at radius 3 is 2.70 bits per heavy atom. The van der Waals surface area contributed by atoms with Gasteiger partial charge in [0.15, 0.2) is 11.5 Å². The number of rotatable bonds is 6. The molecule has 0 aliphatic carbocycles. The van der Waals surface area contributed by atoms with Crippen LogP contribution in [0.15, 0.2) is 35.2 Å². The second-order valence-corrected chi connectivity index (χ2v) is 5.69. The molecule has 0 atom stereocenters. The minimum Gasteiger partial charge on any atom is -0.493 e. The fraction of sp³-hybridized carbons (Fsp3) is 0.222. The second-order valence-electron chi connectivity index (χ2n) is 4.77. The first kappa shape index (κ1) is 16.8. The normalized spacial score (nSPS) is 11.0. The lowest BCUT2D eigenvalue weighted by molar-refractivity contribution is 0.104. The van der Waals surface area contributed by atoms with Crippen LogP contribution in [0.1, 0.15) is 27.7 Å². The highest BCUT2D eigenvalue weighted by atomic mass is 32.1. The SMILES string of the molecule is CCOc1ccc(C=C(C#N)C(=O)c2sccc2C)cc1OC. The summed E-state index contributed by atoms with van der Waals surface area (Å²) in [4.78, 5) is 13.0. The lowest BCUT2D eigenvalue weighted by Gasteiger charge is -2.09. The van der Waals surface area contributed by atoms with Gasteiger partial charge < -0.3 is 9.47 Å². The molecule has 1 aromatic heterocycles. The third kappa shape index (κ3) is 3.79. The zero-order chi connectivity index (χ0) is 16.8. The zero-order valence-electron chi connectivity index (χ0n) is 13.3. The molecule has 0 spiro atoms. The fourth-order valence-electron chi connectivity index (χ4n) is 2.09. The summed E-state index contributed by atoms with van der Waals surface area (Å²) in [6, 6.07) is 9.16. The van der Waals surface area contributed by atoms with Gasteiger partial charge in [-0.1, -0.05) is 6.07 Å². The van der Waals surface area contributed by atoms with Crippen LogP contribution >= 0.6 is 11.3 Å². The lowest BCUT2D eigenvalue weighted by atomic mass is 10.0. The van der Waals surface area contributed by atoms with Crippen LogP contribution in [-0.4, -0.2) is 19.5 Å². The van der Waals surface area contributed by atoms with Gasteiger partial charge in [0.25, 0.3) is 0 Å². The summed E-state index contributed by atoms with van der Waals surface area (Å²) in [7, 11) is 1.55. The number of carbonyl (C=O) groups excluding carboxylic acids is 1. The van der Waals surface area contributed by atoms with E-state index in [1.165, 1.54) is 11.3 Å². The van der Waals surface area contributed by atoms with Crippen LogP contribution in [-0.2, 0) is 0 Å². The summed E-state index contributed by atoms with van der Waals surface area (Å²) in [5, 5.41) is 11.2. The van der Waals surface area contributed by atoms with Gasteiger partial charge in [0.05, 0.1) is 18.6 Å². The largest absolute Gasteiger partial charge is 0.493 e. The Balaban J connectivity index is 2.37. The Bertz CT molecular complexity index is 784. The van der Waals surface area contributed by atoms with Gasteiger partial charge in [0, 0.05) is 0 Å². The predicted molar refractivity (Wildman–Crippen MR) is 91.1 cm³/mol. The highest BCUT2D eigenvalue weighted by Crippen LogP contribution is 2.29. The van der Waals surface area contributed by atoms with Gasteiger partial charge >= 0.3 is 0 Å². The summed E-state index contributed by atoms with van der Waals surface area (Å²) in [5.41, 5.74) is 1.69. The smallest absolute Gasteiger partial charge is 0.213 e. The highest BCUT2D eigenvalue weighted by Gasteiger charge is 2.16. The number of Topliss-reactive ketones (excluding diaryl/α,β-unsaturated/α-hetero) is 1. The molecule has 23 heavy (non-hydrogen) atoms. The molecule has 0 radical (unpaired) electrons. The molecule has 4 nitrogen and oxygen atoms in total. The lowest BCUT2D eigenvalue weighted by Crippen LogP contribution is -2.01. The fourth-order valence-corrected chi connectivity index (χ4v) is 2.97. The van der Waals surface area contributed by atoms with Crippen molar-refractivity contribution >= 4 is 23.2 Å². The summed E-state index contributed by atoms with van der Waals surface area (Å²) in [6.07, 6.45) is 1.57. The van der Waals surface area contributed by atoms with Gasteiger partial charge in [-0.15, -0.1) is 11.3 Å². The van der Waals surface area contributed by atoms with Gasteiger partial charge in [0.1, 0.15) is 11.6 Å². The van der Waals surface area contributed by atoms with E-state index in [-0.39, 0.29) is 11.4 Å². The van der Waals surface area contributed by atoms with Crippen molar-refractivity contribution in [3.05, 3.63) is 51.2 Å². The van der Waals surface area contributed by atoms with Gasteiger partial charge in [0.2, 0.25) is 5.78 Å². The molecule has 0 saturated heterocycles. The van der Waals surface area contributed by atoms with Crippen molar-refractivity contribution in [3.8, 4) is 17.6 Å². The van der Waals surface area contributed by atoms with Gasteiger partial charge in [-0.2, -0.15) is 5.26 Å². The monoisotopic (exact) mass is 327 g/mol. The van der Waals surface area contributed by atoms with E-state index in [0.717, 1.165) is 5.56 Å². The first-order chi connectivity index (χ1) is 11.1. The molecule has 0 fully saturated rings. The quantitative estimate of drug-likeness (QED) is 0.452. The van der Waals surface area contributed by atoms with Crippen LogP contribution in [0.5, 0.6) is 11.5 Å². The van der Waals surface area contributed by atoms with Crippen molar-refractivity contribution in [2.75, 3.05) is 13.7 Å². The van der Waals surface area contributed by atoms with Crippen LogP contribution in [0.4, 0.5) is 0 Å². The number of methoxy groups -OCH3 is 1. The maximum Gasteiger partial charge on any atom is 0.213 e. The Morgan fingerprint density at radius 2 is 2.13 bits per heavy atom. The van der Waals surface area contributed by atoms with Crippen molar-refractivity contribution in [2.24, 2.45) is 0 Å². The number of aryl methyl sites for hydroxylation is 1. The van der Waals surface area contributed by atoms with E-state index in [2.05, 4.69) is 0 Å². The van der Waals surface area contributed by atoms with E-state index >= 15 is 0 Å². The molecule has 5 heteroatoms. The van der Waals surface area contributed by atoms with E-state index in [0.29, 0.717) is 28.5 Å². The maximum atomic E-state index is 12.4. The molecule has 0 aliphatic rings. The Labute approximate surface area is 139 Å². The van der Waals surface area contributed by atoms with Crippen LogP contribution in [0.3, 0.4) is 0 Å². The van der Waals surface area contributed by atoms with Gasteiger partial charge in [-0.25, -0.2) is 0 Å². The Kier molecular flexibility index (Phi) is 5.56. The van der Waals surface area contributed by atoms with Crippen LogP contribution in [0, 0.1) is 18.3 Å². The number of benzene rings is 1. The number of hydrogen-bond donors (Lipinski definition) is 0. The molecule has 118 valence electrons. The number of carbonyl (C=O) groups is 1. The molecule has 0 aliphatic heterocycles. The number of ketones is 1. The zero-order valence-corrected chi connectivity index (χ0v) is 14.1. The number of nitrogens with zero attached hydrogens (tertiary/aromatic N) is 1. The second kappa shape index (κ2) is 7.61. The van der Waals surface area contributed by atoms with Crippen molar-refractivity contribution < 1.29 is 14.3 Å². The minimum absolute atomic E-state index is 0.0989. The van der Waals surface area contributed by atoms with Crippen LogP contribution < -0.4 is 9.47 Å². The standard InChI is InChI=1S/C18H17NO3S/c1-4-22-15-6-5-13(10-16(15)21-3)9-14(11-19)17(20)18-12(2)7-8-23-18/h5-10H,4H2,1-3H3. The topological polar surface area (TPSA) is 59.3 Å². The molecular weight excluding hydrogens is 310 g/mol. The van der Waals surface area contributed by atoms with Gasteiger partial charge in [-0.3, -0.25) is 4.79 Å². The number of allylic oxidation sites excluding steroid dienone is 1. The first-order valence-electron chi connectivity index (χ1n) is 7.12. The van der Waals surface area contributed by atoms with Gasteiger partial charge in [-0.05, 0) is 54.6 Å². The average molecular weight is 327 g/mol. The molecule has 0 N–H and O–H groups in total. The molecule has 2 rings (SSSR count). The van der Waals surface area contributed by atoms with Crippen LogP contribution in [0.25, 0.3) is 6.08 Å². The van der Waals surface area contributed by atoms with Crippen molar-refractivity contribution in [1.29, 1.82) is 5.26 Å². The molecule has 1 aromatic carbocycles. The minimum atomic E-state index is -0.257. The van der Waals surface area contributed by atoms with E-state index in [1.807, 2.05) is 31.4 Å². The number of thiophene rings is 1. The maximum absolute atomic E-state index is 12.4. The summed E-state index contributed by atoms with van der Waals surface area (Å²) < 4.78 is 10.7. The molecule has 0 unspecified atom stereocenters. The van der Waals surface area contributed by atoms with Crippen LogP contribution in [0.2, 0.25) is 0 Å². The number of hydrogen-bond acceptors (Lipinski definition) is 5. The average Bonchev–Trinajstić information content (AvgIpc) is 2.99.